The summed E-state index contributed by atoms with van der Waals surface area (Å²) in [4.78, 5) is 21.1. The lowest BCUT2D eigenvalue weighted by atomic mass is 10.2. The van der Waals surface area contributed by atoms with Gasteiger partial charge in [0, 0.05) is 24.4 Å². The number of nitrogens with one attached hydrogen (secondary N) is 1. The fourth-order valence-corrected chi connectivity index (χ4v) is 3.23. The van der Waals surface area contributed by atoms with Crippen LogP contribution in [0, 0.1) is 0 Å². The largest absolute Gasteiger partial charge is 0.481 e. The second-order valence-electron chi connectivity index (χ2n) is 4.90. The molecule has 2 aromatic heterocycles. The highest BCUT2D eigenvalue weighted by Crippen LogP contribution is 2.30. The fourth-order valence-electron chi connectivity index (χ4n) is 2.08. The smallest absolute Gasteiger partial charge is 0.263 e. The van der Waals surface area contributed by atoms with Gasteiger partial charge < -0.3 is 10.1 Å². The number of amides is 1. The normalized spacial score (nSPS) is 10.4. The van der Waals surface area contributed by atoms with Crippen LogP contribution in [0.25, 0.3) is 10.6 Å². The van der Waals surface area contributed by atoms with E-state index < -0.39 is 0 Å². The van der Waals surface area contributed by atoms with E-state index in [-0.39, 0.29) is 5.91 Å². The third-order valence-electron chi connectivity index (χ3n) is 3.30. The molecule has 7 heteroatoms. The molecule has 1 amide bonds. The molecule has 24 heavy (non-hydrogen) atoms. The van der Waals surface area contributed by atoms with Crippen LogP contribution in [0.4, 0.5) is 0 Å². The predicted molar refractivity (Wildman–Crippen MR) is 94.5 cm³/mol. The van der Waals surface area contributed by atoms with Crippen molar-refractivity contribution in [3.05, 3.63) is 64.3 Å². The molecule has 0 fully saturated rings. The SMILES string of the molecule is COc1cc(CNC(=O)c2cnc(-c3ccccc3Cl)s2)ccn1. The zero-order chi connectivity index (χ0) is 16.9. The maximum atomic E-state index is 12.3. The van der Waals surface area contributed by atoms with Gasteiger partial charge in [0.2, 0.25) is 5.88 Å². The number of methoxy groups -OCH3 is 1. The number of ether oxygens (including phenoxy) is 1. The second-order valence-corrected chi connectivity index (χ2v) is 6.34. The third-order valence-corrected chi connectivity index (χ3v) is 4.65. The number of carbonyl (C=O) groups is 1. The number of aromatic nitrogens is 2. The first-order valence-corrected chi connectivity index (χ1v) is 8.34. The lowest BCUT2D eigenvalue weighted by Crippen LogP contribution is -2.21. The van der Waals surface area contributed by atoms with Crippen LogP contribution in [0.3, 0.4) is 0 Å². The molecular weight excluding hydrogens is 346 g/mol. The molecule has 1 N–H and O–H groups in total. The lowest BCUT2D eigenvalue weighted by Gasteiger charge is -2.05. The quantitative estimate of drug-likeness (QED) is 0.752. The summed E-state index contributed by atoms with van der Waals surface area (Å²) < 4.78 is 5.07. The lowest BCUT2D eigenvalue weighted by molar-refractivity contribution is 0.0954. The van der Waals surface area contributed by atoms with Gasteiger partial charge in [0.15, 0.2) is 0 Å². The van der Waals surface area contributed by atoms with Gasteiger partial charge in [-0.2, -0.15) is 0 Å². The average molecular weight is 360 g/mol. The zero-order valence-corrected chi connectivity index (χ0v) is 14.4. The first-order valence-electron chi connectivity index (χ1n) is 7.15. The van der Waals surface area contributed by atoms with Crippen LogP contribution >= 0.6 is 22.9 Å². The number of pyridine rings is 1. The Kier molecular flexibility index (Phi) is 5.08. The molecule has 0 aliphatic rings. The molecule has 2 heterocycles. The summed E-state index contributed by atoms with van der Waals surface area (Å²) in [6.07, 6.45) is 3.20. The molecule has 0 atom stereocenters. The van der Waals surface area contributed by atoms with E-state index in [2.05, 4.69) is 15.3 Å². The van der Waals surface area contributed by atoms with Gasteiger partial charge in [0.05, 0.1) is 18.3 Å². The number of hydrogen-bond acceptors (Lipinski definition) is 5. The molecule has 1 aromatic carbocycles. The van der Waals surface area contributed by atoms with Crippen molar-refractivity contribution in [2.75, 3.05) is 7.11 Å². The molecule has 0 bridgehead atoms. The average Bonchev–Trinajstić information content (AvgIpc) is 3.10. The molecule has 0 spiro atoms. The molecule has 3 aromatic rings. The number of halogens is 1. The van der Waals surface area contributed by atoms with Crippen molar-refractivity contribution in [1.29, 1.82) is 0 Å². The van der Waals surface area contributed by atoms with Gasteiger partial charge in [-0.3, -0.25) is 4.79 Å². The number of hydrogen-bond donors (Lipinski definition) is 1. The molecule has 0 aliphatic heterocycles. The molecule has 0 saturated carbocycles. The van der Waals surface area contributed by atoms with E-state index in [0.29, 0.717) is 22.3 Å². The van der Waals surface area contributed by atoms with Gasteiger partial charge in [-0.25, -0.2) is 9.97 Å². The van der Waals surface area contributed by atoms with Crippen LogP contribution in [0.15, 0.2) is 48.8 Å². The molecule has 122 valence electrons. The van der Waals surface area contributed by atoms with Crippen LogP contribution in [-0.2, 0) is 6.54 Å². The first kappa shape index (κ1) is 16.4. The van der Waals surface area contributed by atoms with E-state index in [4.69, 9.17) is 16.3 Å². The molecular formula is C17H14ClN3O2S. The van der Waals surface area contributed by atoms with E-state index in [0.717, 1.165) is 16.1 Å². The van der Waals surface area contributed by atoms with Crippen LogP contribution in [0.2, 0.25) is 5.02 Å². The van der Waals surface area contributed by atoms with Crippen molar-refractivity contribution in [1.82, 2.24) is 15.3 Å². The summed E-state index contributed by atoms with van der Waals surface area (Å²) in [5, 5.41) is 4.19. The van der Waals surface area contributed by atoms with Crippen molar-refractivity contribution >= 4 is 28.8 Å². The zero-order valence-electron chi connectivity index (χ0n) is 12.8. The second kappa shape index (κ2) is 7.42. The van der Waals surface area contributed by atoms with Gasteiger partial charge in [0.25, 0.3) is 5.91 Å². The number of carbonyl (C=O) groups excluding carboxylic acids is 1. The Hall–Kier alpha value is -2.44. The minimum atomic E-state index is -0.179. The van der Waals surface area contributed by atoms with E-state index >= 15 is 0 Å². The summed E-state index contributed by atoms with van der Waals surface area (Å²) in [7, 11) is 1.55. The van der Waals surface area contributed by atoms with Crippen molar-refractivity contribution in [2.45, 2.75) is 6.54 Å². The molecule has 0 aliphatic carbocycles. The highest BCUT2D eigenvalue weighted by Gasteiger charge is 2.13. The monoisotopic (exact) mass is 359 g/mol. The molecule has 5 nitrogen and oxygen atoms in total. The highest BCUT2D eigenvalue weighted by molar-refractivity contribution is 7.17. The molecule has 0 unspecified atom stereocenters. The Bertz CT molecular complexity index is 866. The van der Waals surface area contributed by atoms with Crippen molar-refractivity contribution < 1.29 is 9.53 Å². The van der Waals surface area contributed by atoms with Crippen molar-refractivity contribution in [3.8, 4) is 16.5 Å². The Morgan fingerprint density at radius 2 is 2.12 bits per heavy atom. The van der Waals surface area contributed by atoms with Crippen LogP contribution in [0.1, 0.15) is 15.2 Å². The highest BCUT2D eigenvalue weighted by atomic mass is 35.5. The van der Waals surface area contributed by atoms with E-state index in [1.54, 1.807) is 31.6 Å². The van der Waals surface area contributed by atoms with E-state index in [1.165, 1.54) is 11.3 Å². The minimum Gasteiger partial charge on any atom is -0.481 e. The molecule has 3 rings (SSSR count). The number of benzene rings is 1. The van der Waals surface area contributed by atoms with Gasteiger partial charge in [-0.05, 0) is 17.7 Å². The third kappa shape index (κ3) is 3.72. The summed E-state index contributed by atoms with van der Waals surface area (Å²) in [6, 6.07) is 11.0. The maximum absolute atomic E-state index is 12.3. The van der Waals surface area contributed by atoms with Crippen molar-refractivity contribution in [2.24, 2.45) is 0 Å². The van der Waals surface area contributed by atoms with Crippen LogP contribution in [-0.4, -0.2) is 23.0 Å². The number of nitrogens with zero attached hydrogens (tertiary/aromatic N) is 2. The molecule has 0 radical (unpaired) electrons. The summed E-state index contributed by atoms with van der Waals surface area (Å²) >= 11 is 7.47. The van der Waals surface area contributed by atoms with Crippen LogP contribution in [0.5, 0.6) is 5.88 Å². The summed E-state index contributed by atoms with van der Waals surface area (Å²) in [6.45, 7) is 0.386. The van der Waals surface area contributed by atoms with Gasteiger partial charge >= 0.3 is 0 Å². The van der Waals surface area contributed by atoms with Gasteiger partial charge in [0.1, 0.15) is 9.88 Å². The van der Waals surface area contributed by atoms with Crippen molar-refractivity contribution in [3.63, 3.8) is 0 Å². The Morgan fingerprint density at radius 3 is 2.92 bits per heavy atom. The van der Waals surface area contributed by atoms with Gasteiger partial charge in [-0.1, -0.05) is 29.8 Å². The topological polar surface area (TPSA) is 64.1 Å². The maximum Gasteiger partial charge on any atom is 0.263 e. The predicted octanol–water partition coefficient (Wildman–Crippen LogP) is 3.80. The Morgan fingerprint density at radius 1 is 1.29 bits per heavy atom. The van der Waals surface area contributed by atoms with E-state index in [9.17, 15) is 4.79 Å². The van der Waals surface area contributed by atoms with Crippen LogP contribution < -0.4 is 10.1 Å². The van der Waals surface area contributed by atoms with E-state index in [1.807, 2.05) is 24.3 Å². The number of thiazole rings is 1. The fraction of sp³-hybridized carbons (Fsp3) is 0.118. The first-order chi connectivity index (χ1) is 11.7. The standard InChI is InChI=1S/C17H14ClN3O2S/c1-23-15-8-11(6-7-19-15)9-20-16(22)14-10-21-17(24-14)12-4-2-3-5-13(12)18/h2-8,10H,9H2,1H3,(H,20,22). The molecule has 0 saturated heterocycles. The summed E-state index contributed by atoms with van der Waals surface area (Å²) in [5.74, 6) is 0.335. The minimum absolute atomic E-state index is 0.179. The number of rotatable bonds is 5. The van der Waals surface area contributed by atoms with Gasteiger partial charge in [-0.15, -0.1) is 11.3 Å². The summed E-state index contributed by atoms with van der Waals surface area (Å²) in [5.41, 5.74) is 1.73. The Labute approximate surface area is 148 Å². The Balaban J connectivity index is 1.69.